The molecule has 1 aromatic rings. The van der Waals surface area contributed by atoms with Crippen LogP contribution in [0.3, 0.4) is 0 Å². The lowest BCUT2D eigenvalue weighted by Gasteiger charge is -2.38. The zero-order valence-electron chi connectivity index (χ0n) is 12.3. The molecule has 0 bridgehead atoms. The fourth-order valence-electron chi connectivity index (χ4n) is 3.17. The van der Waals surface area contributed by atoms with Gasteiger partial charge in [0.2, 0.25) is 0 Å². The molecule has 0 radical (unpaired) electrons. The molecule has 19 heavy (non-hydrogen) atoms. The fraction of sp³-hybridized carbons (Fsp3) is 0.750. The molecule has 1 fully saturated rings. The Labute approximate surface area is 130 Å². The van der Waals surface area contributed by atoms with Crippen LogP contribution in [0.5, 0.6) is 0 Å². The molecular formula is C16H26BrNS. The number of likely N-dealkylation sites (N-methyl/N-ethyl adjacent to an activating group) is 1. The first kappa shape index (κ1) is 15.5. The number of thiophene rings is 1. The second kappa shape index (κ2) is 6.73. The van der Waals surface area contributed by atoms with E-state index in [1.165, 1.54) is 40.8 Å². The van der Waals surface area contributed by atoms with Crippen LogP contribution < -0.4 is 5.32 Å². The highest BCUT2D eigenvalue weighted by Gasteiger charge is 2.31. The molecule has 3 heteroatoms. The molecular weight excluding hydrogens is 318 g/mol. The molecule has 1 unspecified atom stereocenters. The Morgan fingerprint density at radius 2 is 2.05 bits per heavy atom. The molecule has 1 aromatic heterocycles. The average molecular weight is 344 g/mol. The smallest absolute Gasteiger partial charge is 0.0701 e. The third kappa shape index (κ3) is 4.57. The van der Waals surface area contributed by atoms with E-state index in [0.29, 0.717) is 11.5 Å². The van der Waals surface area contributed by atoms with Crippen molar-refractivity contribution in [2.24, 2.45) is 11.3 Å². The van der Waals surface area contributed by atoms with E-state index >= 15 is 0 Å². The minimum atomic E-state index is 0.569. The van der Waals surface area contributed by atoms with Crippen LogP contribution in [0, 0.1) is 11.3 Å². The molecule has 1 heterocycles. The summed E-state index contributed by atoms with van der Waals surface area (Å²) in [5.74, 6) is 0.855. The Morgan fingerprint density at radius 1 is 1.37 bits per heavy atom. The standard InChI is InChI=1S/C16H26BrNS/c1-4-18-14(11-13-5-6-15(17)19-13)12-7-9-16(2,3)10-8-12/h5-6,12,14,18H,4,7-11H2,1-3H3. The van der Waals surface area contributed by atoms with E-state index in [0.717, 1.165) is 12.5 Å². The maximum absolute atomic E-state index is 3.73. The largest absolute Gasteiger partial charge is 0.314 e. The Bertz CT molecular complexity index is 389. The van der Waals surface area contributed by atoms with Crippen molar-refractivity contribution in [1.82, 2.24) is 5.32 Å². The van der Waals surface area contributed by atoms with Crippen molar-refractivity contribution in [1.29, 1.82) is 0 Å². The van der Waals surface area contributed by atoms with Gasteiger partial charge in [0.15, 0.2) is 0 Å². The van der Waals surface area contributed by atoms with Gasteiger partial charge < -0.3 is 5.32 Å². The lowest BCUT2D eigenvalue weighted by molar-refractivity contribution is 0.161. The first-order chi connectivity index (χ1) is 9.00. The highest BCUT2D eigenvalue weighted by Crippen LogP contribution is 2.40. The van der Waals surface area contributed by atoms with Crippen molar-refractivity contribution in [3.05, 3.63) is 20.8 Å². The Morgan fingerprint density at radius 3 is 2.58 bits per heavy atom. The number of rotatable bonds is 5. The molecule has 1 N–H and O–H groups in total. The van der Waals surface area contributed by atoms with Crippen molar-refractivity contribution in [3.8, 4) is 0 Å². The summed E-state index contributed by atoms with van der Waals surface area (Å²) in [6.45, 7) is 8.14. The van der Waals surface area contributed by atoms with Gasteiger partial charge in [-0.05, 0) is 78.0 Å². The number of nitrogens with one attached hydrogen (secondary N) is 1. The third-order valence-electron chi connectivity index (χ3n) is 4.47. The van der Waals surface area contributed by atoms with Gasteiger partial charge in [-0.3, -0.25) is 0 Å². The van der Waals surface area contributed by atoms with Crippen molar-refractivity contribution < 1.29 is 0 Å². The summed E-state index contributed by atoms with van der Waals surface area (Å²) < 4.78 is 1.25. The zero-order chi connectivity index (χ0) is 13.9. The number of halogens is 1. The van der Waals surface area contributed by atoms with Gasteiger partial charge in [0.05, 0.1) is 3.79 Å². The minimum absolute atomic E-state index is 0.569. The molecule has 0 saturated heterocycles. The van der Waals surface area contributed by atoms with Gasteiger partial charge in [-0.1, -0.05) is 20.8 Å². The molecule has 2 rings (SSSR count). The van der Waals surface area contributed by atoms with Crippen LogP contribution in [-0.2, 0) is 6.42 Å². The summed E-state index contributed by atoms with van der Waals surface area (Å²) in [7, 11) is 0. The monoisotopic (exact) mass is 343 g/mol. The number of hydrogen-bond donors (Lipinski definition) is 1. The zero-order valence-corrected chi connectivity index (χ0v) is 14.7. The summed E-state index contributed by atoms with van der Waals surface area (Å²) in [5, 5.41) is 3.73. The lowest BCUT2D eigenvalue weighted by atomic mass is 9.70. The molecule has 1 nitrogen and oxygen atoms in total. The van der Waals surface area contributed by atoms with Crippen LogP contribution in [0.15, 0.2) is 15.9 Å². The topological polar surface area (TPSA) is 12.0 Å². The quantitative estimate of drug-likeness (QED) is 0.769. The molecule has 0 aromatic carbocycles. The van der Waals surface area contributed by atoms with E-state index in [1.807, 2.05) is 11.3 Å². The van der Waals surface area contributed by atoms with Gasteiger partial charge in [0.1, 0.15) is 0 Å². The van der Waals surface area contributed by atoms with Crippen LogP contribution in [0.2, 0.25) is 0 Å². The van der Waals surface area contributed by atoms with Crippen molar-refractivity contribution >= 4 is 27.3 Å². The maximum Gasteiger partial charge on any atom is 0.0701 e. The molecule has 0 spiro atoms. The van der Waals surface area contributed by atoms with Gasteiger partial charge in [0.25, 0.3) is 0 Å². The molecule has 108 valence electrons. The Hall–Kier alpha value is 0.140. The Balaban J connectivity index is 1.96. The van der Waals surface area contributed by atoms with E-state index in [4.69, 9.17) is 0 Å². The van der Waals surface area contributed by atoms with E-state index in [1.54, 1.807) is 0 Å². The minimum Gasteiger partial charge on any atom is -0.314 e. The summed E-state index contributed by atoms with van der Waals surface area (Å²) in [5.41, 5.74) is 0.569. The Kier molecular flexibility index (Phi) is 5.50. The fourth-order valence-corrected chi connectivity index (χ4v) is 4.71. The van der Waals surface area contributed by atoms with Gasteiger partial charge in [-0.25, -0.2) is 0 Å². The van der Waals surface area contributed by atoms with E-state index in [2.05, 4.69) is 54.2 Å². The number of hydrogen-bond acceptors (Lipinski definition) is 2. The van der Waals surface area contributed by atoms with Crippen LogP contribution in [0.1, 0.15) is 51.3 Å². The molecule has 1 atom stereocenters. The van der Waals surface area contributed by atoms with Crippen LogP contribution in [0.25, 0.3) is 0 Å². The molecule has 1 aliphatic rings. The first-order valence-electron chi connectivity index (χ1n) is 7.48. The van der Waals surface area contributed by atoms with Gasteiger partial charge >= 0.3 is 0 Å². The molecule has 1 saturated carbocycles. The van der Waals surface area contributed by atoms with Gasteiger partial charge in [-0.2, -0.15) is 0 Å². The second-order valence-electron chi connectivity index (χ2n) is 6.58. The lowest BCUT2D eigenvalue weighted by Crippen LogP contribution is -2.40. The molecule has 0 amide bonds. The van der Waals surface area contributed by atoms with E-state index in [-0.39, 0.29) is 0 Å². The first-order valence-corrected chi connectivity index (χ1v) is 9.09. The molecule has 1 aliphatic carbocycles. The summed E-state index contributed by atoms with van der Waals surface area (Å²) in [6, 6.07) is 5.10. The summed E-state index contributed by atoms with van der Waals surface area (Å²) in [4.78, 5) is 1.50. The van der Waals surface area contributed by atoms with Crippen molar-refractivity contribution in [2.45, 2.75) is 58.9 Å². The average Bonchev–Trinajstić information content (AvgIpc) is 2.74. The van der Waals surface area contributed by atoms with Crippen molar-refractivity contribution in [3.63, 3.8) is 0 Å². The predicted molar refractivity (Wildman–Crippen MR) is 88.9 cm³/mol. The van der Waals surface area contributed by atoms with Crippen LogP contribution in [0.4, 0.5) is 0 Å². The second-order valence-corrected chi connectivity index (χ2v) is 9.12. The van der Waals surface area contributed by atoms with Gasteiger partial charge in [-0.15, -0.1) is 11.3 Å². The van der Waals surface area contributed by atoms with E-state index < -0.39 is 0 Å². The summed E-state index contributed by atoms with van der Waals surface area (Å²) >= 11 is 5.45. The SMILES string of the molecule is CCNC(Cc1ccc(Br)s1)C1CCC(C)(C)CC1. The summed E-state index contributed by atoms with van der Waals surface area (Å²) in [6.07, 6.45) is 6.73. The predicted octanol–water partition coefficient (Wildman–Crippen LogP) is 5.25. The molecule has 0 aliphatic heterocycles. The van der Waals surface area contributed by atoms with Crippen LogP contribution in [-0.4, -0.2) is 12.6 Å². The van der Waals surface area contributed by atoms with E-state index in [9.17, 15) is 0 Å². The van der Waals surface area contributed by atoms with Crippen molar-refractivity contribution in [2.75, 3.05) is 6.54 Å². The third-order valence-corrected chi connectivity index (χ3v) is 6.12. The highest BCUT2D eigenvalue weighted by atomic mass is 79.9. The highest BCUT2D eigenvalue weighted by molar-refractivity contribution is 9.11. The van der Waals surface area contributed by atoms with Crippen LogP contribution >= 0.6 is 27.3 Å². The maximum atomic E-state index is 3.73. The van der Waals surface area contributed by atoms with Gasteiger partial charge in [0, 0.05) is 10.9 Å². The normalized spacial score (nSPS) is 21.5.